The van der Waals surface area contributed by atoms with Gasteiger partial charge in [0.25, 0.3) is 5.91 Å². The van der Waals surface area contributed by atoms with E-state index in [0.717, 1.165) is 22.6 Å². The van der Waals surface area contributed by atoms with Gasteiger partial charge in [0.05, 0.1) is 30.9 Å². The SMILES string of the molecule is COc1ccc(NC(=O)c2ccc(C)c(C#Cc3cnc4c(Nc5cnn(C)c5)cccn34)c2)cc1F. The molecule has 2 aromatic carbocycles. The first-order valence-electron chi connectivity index (χ1n) is 11.4. The number of aryl methyl sites for hydroxylation is 2. The molecule has 0 aliphatic heterocycles. The largest absolute Gasteiger partial charge is 0.494 e. The van der Waals surface area contributed by atoms with Gasteiger partial charge in [-0.15, -0.1) is 0 Å². The van der Waals surface area contributed by atoms with Crippen molar-refractivity contribution in [3.8, 4) is 17.6 Å². The molecule has 1 amide bonds. The summed E-state index contributed by atoms with van der Waals surface area (Å²) in [6.45, 7) is 1.93. The molecule has 0 aliphatic carbocycles. The number of nitrogens with one attached hydrogen (secondary N) is 2. The second-order valence-corrected chi connectivity index (χ2v) is 8.37. The summed E-state index contributed by atoms with van der Waals surface area (Å²) in [4.78, 5) is 17.3. The van der Waals surface area contributed by atoms with Gasteiger partial charge in [0, 0.05) is 42.3 Å². The van der Waals surface area contributed by atoms with Crippen LogP contribution in [0.25, 0.3) is 5.65 Å². The zero-order chi connectivity index (χ0) is 25.9. The maximum absolute atomic E-state index is 14.0. The van der Waals surface area contributed by atoms with E-state index in [1.807, 2.05) is 49.0 Å². The lowest BCUT2D eigenvalue weighted by atomic mass is 10.0. The number of aromatic nitrogens is 4. The number of ether oxygens (including phenoxy) is 1. The highest BCUT2D eigenvalue weighted by Crippen LogP contribution is 2.23. The molecule has 3 aromatic heterocycles. The molecule has 184 valence electrons. The van der Waals surface area contributed by atoms with Crippen molar-refractivity contribution in [3.63, 3.8) is 0 Å². The number of rotatable bonds is 5. The van der Waals surface area contributed by atoms with Crippen LogP contribution in [0, 0.1) is 24.6 Å². The molecule has 8 nitrogen and oxygen atoms in total. The average Bonchev–Trinajstić information content (AvgIpc) is 3.50. The van der Waals surface area contributed by atoms with Gasteiger partial charge in [0.15, 0.2) is 17.2 Å². The Hall–Kier alpha value is -5.10. The highest BCUT2D eigenvalue weighted by atomic mass is 19.1. The van der Waals surface area contributed by atoms with E-state index in [1.165, 1.54) is 19.2 Å². The molecule has 0 unspecified atom stereocenters. The number of nitrogens with zero attached hydrogens (tertiary/aromatic N) is 4. The van der Waals surface area contributed by atoms with E-state index in [-0.39, 0.29) is 11.7 Å². The minimum atomic E-state index is -0.553. The van der Waals surface area contributed by atoms with E-state index in [4.69, 9.17) is 4.74 Å². The van der Waals surface area contributed by atoms with Crippen LogP contribution >= 0.6 is 0 Å². The minimum Gasteiger partial charge on any atom is -0.494 e. The summed E-state index contributed by atoms with van der Waals surface area (Å²) in [5, 5.41) is 10.2. The van der Waals surface area contributed by atoms with Crippen molar-refractivity contribution in [2.45, 2.75) is 6.92 Å². The summed E-state index contributed by atoms with van der Waals surface area (Å²) in [5.41, 5.74) is 5.48. The van der Waals surface area contributed by atoms with E-state index in [2.05, 4.69) is 32.6 Å². The van der Waals surface area contributed by atoms with Gasteiger partial charge in [0.2, 0.25) is 0 Å². The van der Waals surface area contributed by atoms with Crippen molar-refractivity contribution < 1.29 is 13.9 Å². The number of pyridine rings is 1. The topological polar surface area (TPSA) is 85.5 Å². The lowest BCUT2D eigenvalue weighted by Gasteiger charge is -2.08. The van der Waals surface area contributed by atoms with Gasteiger partial charge in [-0.1, -0.05) is 12.0 Å². The molecule has 0 fully saturated rings. The number of carbonyl (C=O) groups excluding carboxylic acids is 1. The number of anilines is 3. The first-order chi connectivity index (χ1) is 17.9. The Bertz CT molecular complexity index is 1690. The van der Waals surface area contributed by atoms with Crippen molar-refractivity contribution in [3.05, 3.63) is 102 Å². The molecular formula is C28H23FN6O2. The molecule has 3 heterocycles. The van der Waals surface area contributed by atoms with Gasteiger partial charge >= 0.3 is 0 Å². The van der Waals surface area contributed by atoms with Crippen LogP contribution < -0.4 is 15.4 Å². The van der Waals surface area contributed by atoms with Crippen molar-refractivity contribution in [2.75, 3.05) is 17.7 Å². The number of imidazole rings is 1. The summed E-state index contributed by atoms with van der Waals surface area (Å²) < 4.78 is 22.5. The molecule has 0 saturated carbocycles. The molecule has 0 spiro atoms. The fourth-order valence-electron chi connectivity index (χ4n) is 3.82. The molecular weight excluding hydrogens is 471 g/mol. The molecule has 5 aromatic rings. The molecule has 0 radical (unpaired) electrons. The average molecular weight is 495 g/mol. The van der Waals surface area contributed by atoms with E-state index < -0.39 is 5.82 Å². The summed E-state index contributed by atoms with van der Waals surface area (Å²) in [6.07, 6.45) is 7.22. The maximum atomic E-state index is 14.0. The number of hydrogen-bond donors (Lipinski definition) is 2. The molecule has 9 heteroatoms. The lowest BCUT2D eigenvalue weighted by Crippen LogP contribution is -2.12. The van der Waals surface area contributed by atoms with Gasteiger partial charge in [-0.25, -0.2) is 9.37 Å². The number of halogens is 1. The van der Waals surface area contributed by atoms with Crippen LogP contribution in [0.5, 0.6) is 5.75 Å². The third kappa shape index (κ3) is 4.99. The molecule has 2 N–H and O–H groups in total. The molecule has 0 aliphatic rings. The van der Waals surface area contributed by atoms with Crippen LogP contribution in [-0.4, -0.2) is 32.2 Å². The number of amides is 1. The Labute approximate surface area is 212 Å². The highest BCUT2D eigenvalue weighted by Gasteiger charge is 2.11. The number of benzene rings is 2. The van der Waals surface area contributed by atoms with Gasteiger partial charge < -0.3 is 15.4 Å². The normalized spacial score (nSPS) is 10.6. The summed E-state index contributed by atoms with van der Waals surface area (Å²) in [7, 11) is 3.24. The van der Waals surface area contributed by atoms with E-state index in [9.17, 15) is 9.18 Å². The van der Waals surface area contributed by atoms with Gasteiger partial charge in [-0.3, -0.25) is 13.9 Å². The Morgan fingerprint density at radius 3 is 2.70 bits per heavy atom. The molecule has 37 heavy (non-hydrogen) atoms. The zero-order valence-electron chi connectivity index (χ0n) is 20.4. The van der Waals surface area contributed by atoms with Crippen molar-refractivity contribution in [1.29, 1.82) is 0 Å². The first-order valence-corrected chi connectivity index (χ1v) is 11.4. The summed E-state index contributed by atoms with van der Waals surface area (Å²) >= 11 is 0. The number of carbonyl (C=O) groups is 1. The predicted octanol–water partition coefficient (Wildman–Crippen LogP) is 4.92. The molecule has 0 atom stereocenters. The van der Waals surface area contributed by atoms with Crippen LogP contribution in [0.1, 0.15) is 27.2 Å². The van der Waals surface area contributed by atoms with Gasteiger partial charge in [-0.05, 0) is 54.8 Å². The van der Waals surface area contributed by atoms with E-state index in [0.29, 0.717) is 22.5 Å². The number of methoxy groups -OCH3 is 1. The minimum absolute atomic E-state index is 0.110. The Kier molecular flexibility index (Phi) is 6.31. The maximum Gasteiger partial charge on any atom is 0.255 e. The van der Waals surface area contributed by atoms with Crippen LogP contribution in [0.3, 0.4) is 0 Å². The number of fused-ring (bicyclic) bond motifs is 1. The standard InChI is InChI=1S/C28H23FN6O2/c1-18-6-7-20(28(36)33-21-9-11-26(37-3)24(29)14-21)13-19(18)8-10-23-16-30-27-25(5-4-12-35(23)27)32-22-15-31-34(2)17-22/h4-7,9,11-17,32H,1-3H3,(H,33,36). The molecule has 5 rings (SSSR count). The smallest absolute Gasteiger partial charge is 0.255 e. The highest BCUT2D eigenvalue weighted by molar-refractivity contribution is 6.04. The Morgan fingerprint density at radius 2 is 1.95 bits per heavy atom. The third-order valence-corrected chi connectivity index (χ3v) is 5.75. The van der Waals surface area contributed by atoms with Gasteiger partial charge in [-0.2, -0.15) is 5.10 Å². The van der Waals surface area contributed by atoms with Crippen LogP contribution in [0.2, 0.25) is 0 Å². The van der Waals surface area contributed by atoms with Crippen molar-refractivity contribution >= 4 is 28.6 Å². The van der Waals surface area contributed by atoms with Crippen LogP contribution in [0.15, 0.2) is 73.3 Å². The molecule has 0 bridgehead atoms. The fraction of sp³-hybridized carbons (Fsp3) is 0.107. The predicted molar refractivity (Wildman–Crippen MR) is 140 cm³/mol. The summed E-state index contributed by atoms with van der Waals surface area (Å²) in [5.74, 6) is 5.52. The van der Waals surface area contributed by atoms with Crippen LogP contribution in [0.4, 0.5) is 21.5 Å². The number of hydrogen-bond acceptors (Lipinski definition) is 5. The lowest BCUT2D eigenvalue weighted by molar-refractivity contribution is 0.102. The zero-order valence-corrected chi connectivity index (χ0v) is 20.4. The molecule has 0 saturated heterocycles. The second-order valence-electron chi connectivity index (χ2n) is 8.37. The summed E-state index contributed by atoms with van der Waals surface area (Å²) in [6, 6.07) is 13.4. The van der Waals surface area contributed by atoms with Crippen molar-refractivity contribution in [2.24, 2.45) is 7.05 Å². The quantitative estimate of drug-likeness (QED) is 0.339. The first kappa shape index (κ1) is 23.6. The van der Waals surface area contributed by atoms with Crippen molar-refractivity contribution in [1.82, 2.24) is 19.2 Å². The van der Waals surface area contributed by atoms with E-state index in [1.54, 1.807) is 35.3 Å². The Morgan fingerprint density at radius 1 is 1.08 bits per heavy atom. The van der Waals surface area contributed by atoms with Gasteiger partial charge in [0.1, 0.15) is 5.69 Å². The second kappa shape index (κ2) is 9.87. The monoisotopic (exact) mass is 494 g/mol. The Balaban J connectivity index is 1.39. The third-order valence-electron chi connectivity index (χ3n) is 5.75. The fourth-order valence-corrected chi connectivity index (χ4v) is 3.82. The van der Waals surface area contributed by atoms with Crippen LogP contribution in [-0.2, 0) is 7.05 Å². The van der Waals surface area contributed by atoms with E-state index >= 15 is 0 Å².